The minimum Gasteiger partial charge on any atom is -0.379 e. The van der Waals surface area contributed by atoms with Gasteiger partial charge < -0.3 is 14.6 Å². The van der Waals surface area contributed by atoms with Crippen LogP contribution in [0.4, 0.5) is 0 Å². The third-order valence-corrected chi connectivity index (χ3v) is 4.73. The fourth-order valence-corrected chi connectivity index (χ4v) is 3.50. The van der Waals surface area contributed by atoms with Crippen LogP contribution in [-0.2, 0) is 21.3 Å². The van der Waals surface area contributed by atoms with E-state index in [1.54, 1.807) is 17.3 Å². The molecule has 0 amide bonds. The van der Waals surface area contributed by atoms with Gasteiger partial charge in [0.2, 0.25) is 0 Å². The zero-order chi connectivity index (χ0) is 15.5. The van der Waals surface area contributed by atoms with Gasteiger partial charge in [-0.1, -0.05) is 0 Å². The molecule has 1 aliphatic heterocycles. The van der Waals surface area contributed by atoms with Gasteiger partial charge in [-0.25, -0.2) is 13.4 Å². The lowest BCUT2D eigenvalue weighted by atomic mass is 10.3. The normalized spacial score (nSPS) is 17.5. The van der Waals surface area contributed by atoms with Crippen LogP contribution in [0, 0.1) is 0 Å². The molecule has 21 heavy (non-hydrogen) atoms. The number of hydrogen-bond acceptors (Lipinski definition) is 5. The first-order valence-corrected chi connectivity index (χ1v) is 8.63. The van der Waals surface area contributed by atoms with E-state index in [0.29, 0.717) is 37.7 Å². The molecule has 7 nitrogen and oxygen atoms in total. The number of hydrazine groups is 1. The molecule has 0 spiro atoms. The number of ether oxygens (including phenoxy) is 1. The van der Waals surface area contributed by atoms with Crippen LogP contribution in [0.15, 0.2) is 17.2 Å². The van der Waals surface area contributed by atoms with Crippen molar-refractivity contribution in [3.8, 4) is 0 Å². The molecule has 0 saturated carbocycles. The molecule has 1 fully saturated rings. The van der Waals surface area contributed by atoms with Crippen molar-refractivity contribution in [1.29, 1.82) is 0 Å². The largest absolute Gasteiger partial charge is 0.379 e. The van der Waals surface area contributed by atoms with Crippen molar-refractivity contribution < 1.29 is 13.2 Å². The molecule has 8 heteroatoms. The second-order valence-electron chi connectivity index (χ2n) is 5.39. The average molecular weight is 316 g/mol. The van der Waals surface area contributed by atoms with Crippen LogP contribution in [0.3, 0.4) is 0 Å². The molecule has 0 atom stereocenters. The van der Waals surface area contributed by atoms with Crippen LogP contribution in [0.25, 0.3) is 0 Å². The lowest BCUT2D eigenvalue weighted by Gasteiger charge is -2.26. The summed E-state index contributed by atoms with van der Waals surface area (Å²) < 4.78 is 32.1. The molecule has 2 rings (SSSR count). The SMILES string of the molecule is CNCc1cc(S(=O)(=O)NN2CCOCC2)cn1C(C)C. The zero-order valence-electron chi connectivity index (χ0n) is 12.8. The van der Waals surface area contributed by atoms with Crippen LogP contribution in [0.5, 0.6) is 0 Å². The van der Waals surface area contributed by atoms with Crippen molar-refractivity contribution in [1.82, 2.24) is 19.7 Å². The molecular formula is C13H24N4O3S. The van der Waals surface area contributed by atoms with Gasteiger partial charge in [-0.3, -0.25) is 0 Å². The van der Waals surface area contributed by atoms with Crippen molar-refractivity contribution in [2.75, 3.05) is 33.4 Å². The fourth-order valence-electron chi connectivity index (χ4n) is 2.32. The van der Waals surface area contributed by atoms with E-state index >= 15 is 0 Å². The number of nitrogens with zero attached hydrogens (tertiary/aromatic N) is 2. The molecule has 0 bridgehead atoms. The average Bonchev–Trinajstić information content (AvgIpc) is 2.85. The Morgan fingerprint density at radius 3 is 2.57 bits per heavy atom. The van der Waals surface area contributed by atoms with Gasteiger partial charge in [-0.2, -0.15) is 0 Å². The first-order chi connectivity index (χ1) is 9.94. The minimum absolute atomic E-state index is 0.209. The van der Waals surface area contributed by atoms with Crippen molar-refractivity contribution in [2.45, 2.75) is 31.3 Å². The lowest BCUT2D eigenvalue weighted by Crippen LogP contribution is -2.48. The van der Waals surface area contributed by atoms with Crippen molar-refractivity contribution in [3.63, 3.8) is 0 Å². The topological polar surface area (TPSA) is 75.6 Å². The maximum atomic E-state index is 12.5. The molecule has 1 aromatic rings. The third kappa shape index (κ3) is 4.04. The Hall–Kier alpha value is -0.930. The molecular weight excluding hydrogens is 292 g/mol. The van der Waals surface area contributed by atoms with Crippen molar-refractivity contribution in [2.24, 2.45) is 0 Å². The number of rotatable bonds is 6. The van der Waals surface area contributed by atoms with E-state index in [1.807, 2.05) is 25.5 Å². The summed E-state index contributed by atoms with van der Waals surface area (Å²) in [5, 5.41) is 4.75. The van der Waals surface area contributed by atoms with Crippen LogP contribution < -0.4 is 10.1 Å². The summed E-state index contributed by atoms with van der Waals surface area (Å²) in [4.78, 5) is 2.92. The Kier molecular flexibility index (Phi) is 5.39. The number of hydrogen-bond donors (Lipinski definition) is 2. The van der Waals surface area contributed by atoms with Crippen LogP contribution in [0.1, 0.15) is 25.6 Å². The molecule has 2 N–H and O–H groups in total. The van der Waals surface area contributed by atoms with Gasteiger partial charge in [0.05, 0.1) is 13.2 Å². The molecule has 0 aliphatic carbocycles. The highest BCUT2D eigenvalue weighted by Gasteiger charge is 2.23. The predicted octanol–water partition coefficient (Wildman–Crippen LogP) is 0.314. The van der Waals surface area contributed by atoms with Gasteiger partial charge in [-0.15, -0.1) is 4.83 Å². The van der Waals surface area contributed by atoms with Gasteiger partial charge in [0, 0.05) is 37.6 Å². The van der Waals surface area contributed by atoms with Crippen LogP contribution >= 0.6 is 0 Å². The summed E-state index contributed by atoms with van der Waals surface area (Å²) in [5.41, 5.74) is 0.954. The van der Waals surface area contributed by atoms with Gasteiger partial charge in [0.15, 0.2) is 0 Å². The summed E-state index contributed by atoms with van der Waals surface area (Å²) in [6.07, 6.45) is 1.69. The number of nitrogens with one attached hydrogen (secondary N) is 2. The molecule has 1 saturated heterocycles. The Morgan fingerprint density at radius 1 is 1.33 bits per heavy atom. The second-order valence-corrected chi connectivity index (χ2v) is 7.05. The summed E-state index contributed by atoms with van der Waals surface area (Å²) in [7, 11) is -1.70. The molecule has 1 aliphatic rings. The smallest absolute Gasteiger partial charge is 0.254 e. The van der Waals surface area contributed by atoms with E-state index < -0.39 is 10.0 Å². The van der Waals surface area contributed by atoms with Gasteiger partial charge in [0.25, 0.3) is 10.0 Å². The maximum absolute atomic E-state index is 12.5. The van der Waals surface area contributed by atoms with Crippen molar-refractivity contribution in [3.05, 3.63) is 18.0 Å². The van der Waals surface area contributed by atoms with Gasteiger partial charge in [-0.05, 0) is 27.0 Å². The Balaban J connectivity index is 2.20. The first kappa shape index (κ1) is 16.4. The van der Waals surface area contributed by atoms with E-state index in [4.69, 9.17) is 4.74 Å². The van der Waals surface area contributed by atoms with E-state index in [-0.39, 0.29) is 6.04 Å². The number of sulfonamides is 1. The predicted molar refractivity (Wildman–Crippen MR) is 80.3 cm³/mol. The standard InChI is InChI=1S/C13H24N4O3S/c1-11(2)17-10-13(8-12(17)9-14-3)21(18,19)15-16-4-6-20-7-5-16/h8,10-11,14-15H,4-7,9H2,1-3H3. The summed E-state index contributed by atoms with van der Waals surface area (Å²) in [6, 6.07) is 1.93. The van der Waals surface area contributed by atoms with E-state index in [9.17, 15) is 8.42 Å². The zero-order valence-corrected chi connectivity index (χ0v) is 13.6. The molecule has 0 radical (unpaired) electrons. The Labute approximate surface area is 126 Å². The highest BCUT2D eigenvalue weighted by molar-refractivity contribution is 7.89. The second kappa shape index (κ2) is 6.89. The number of aromatic nitrogens is 1. The van der Waals surface area contributed by atoms with E-state index in [1.165, 1.54) is 0 Å². The molecule has 2 heterocycles. The molecule has 120 valence electrons. The van der Waals surface area contributed by atoms with Crippen molar-refractivity contribution >= 4 is 10.0 Å². The molecule has 0 unspecified atom stereocenters. The maximum Gasteiger partial charge on any atom is 0.254 e. The highest BCUT2D eigenvalue weighted by Crippen LogP contribution is 2.19. The third-order valence-electron chi connectivity index (χ3n) is 3.39. The summed E-state index contributed by atoms with van der Waals surface area (Å²) >= 11 is 0. The Morgan fingerprint density at radius 2 is 2.00 bits per heavy atom. The van der Waals surface area contributed by atoms with Gasteiger partial charge in [0.1, 0.15) is 4.90 Å². The molecule has 0 aromatic carbocycles. The van der Waals surface area contributed by atoms with E-state index in [2.05, 4.69) is 10.1 Å². The quantitative estimate of drug-likeness (QED) is 0.790. The minimum atomic E-state index is -3.54. The fraction of sp³-hybridized carbons (Fsp3) is 0.692. The lowest BCUT2D eigenvalue weighted by molar-refractivity contribution is 0.0272. The van der Waals surface area contributed by atoms with Crippen LogP contribution in [-0.4, -0.2) is 51.3 Å². The summed E-state index contributed by atoms with van der Waals surface area (Å²) in [6.45, 7) is 6.91. The Bertz CT molecular complexity index is 562. The van der Waals surface area contributed by atoms with Gasteiger partial charge >= 0.3 is 0 Å². The monoisotopic (exact) mass is 316 g/mol. The molecule has 1 aromatic heterocycles. The number of morpholine rings is 1. The first-order valence-electron chi connectivity index (χ1n) is 7.14. The highest BCUT2D eigenvalue weighted by atomic mass is 32.2. The van der Waals surface area contributed by atoms with Crippen LogP contribution in [0.2, 0.25) is 0 Å². The van der Waals surface area contributed by atoms with E-state index in [0.717, 1.165) is 5.69 Å². The summed E-state index contributed by atoms with van der Waals surface area (Å²) in [5.74, 6) is 0.